The van der Waals surface area contributed by atoms with E-state index in [1.807, 2.05) is 18.2 Å². The number of hydrogen-bond acceptors (Lipinski definition) is 5. The second-order valence-electron chi connectivity index (χ2n) is 5.16. The minimum Gasteiger partial charge on any atom is -0.510 e. The number of H-pyrrole nitrogens is 1. The molecule has 0 bridgehead atoms. The molecule has 0 saturated carbocycles. The lowest BCUT2D eigenvalue weighted by atomic mass is 10.2. The Labute approximate surface area is 147 Å². The van der Waals surface area contributed by atoms with Crippen molar-refractivity contribution in [3.63, 3.8) is 0 Å². The second kappa shape index (κ2) is 7.40. The third-order valence-electron chi connectivity index (χ3n) is 3.49. The van der Waals surface area contributed by atoms with Crippen LogP contribution in [0.15, 0.2) is 59.2 Å². The number of rotatable bonds is 5. The first-order valence-corrected chi connectivity index (χ1v) is 8.41. The van der Waals surface area contributed by atoms with E-state index in [2.05, 4.69) is 9.97 Å². The maximum absolute atomic E-state index is 12.9. The van der Waals surface area contributed by atoms with Crippen molar-refractivity contribution in [2.24, 2.45) is 0 Å². The number of ether oxygens (including phenoxy) is 1. The molecule has 0 spiro atoms. The van der Waals surface area contributed by atoms with Gasteiger partial charge in [-0.1, -0.05) is 12.1 Å². The van der Waals surface area contributed by atoms with E-state index in [0.717, 1.165) is 10.4 Å². The SMILES string of the molecule is COC(=O)/C(=C(/O)CSc1ccc(F)cc1)c1nc2ccccc2[nH]1. The Kier molecular flexibility index (Phi) is 5.04. The number of halogens is 1. The molecule has 3 rings (SSSR count). The number of imidazole rings is 1. The number of fused-ring (bicyclic) bond motifs is 1. The first-order valence-electron chi connectivity index (χ1n) is 7.42. The monoisotopic (exact) mass is 358 g/mol. The van der Waals surface area contributed by atoms with Crippen molar-refractivity contribution in [1.82, 2.24) is 9.97 Å². The van der Waals surface area contributed by atoms with Crippen molar-refractivity contribution in [3.05, 3.63) is 65.9 Å². The number of methoxy groups -OCH3 is 1. The molecule has 0 saturated heterocycles. The molecule has 7 heteroatoms. The van der Waals surface area contributed by atoms with Crippen LogP contribution in [0.3, 0.4) is 0 Å². The zero-order valence-electron chi connectivity index (χ0n) is 13.3. The summed E-state index contributed by atoms with van der Waals surface area (Å²) in [7, 11) is 1.24. The molecule has 0 amide bonds. The number of carbonyl (C=O) groups excluding carboxylic acids is 1. The number of aromatic amines is 1. The minimum atomic E-state index is -0.684. The highest BCUT2D eigenvalue weighted by Crippen LogP contribution is 2.25. The first-order chi connectivity index (χ1) is 12.1. The number of aromatic nitrogens is 2. The third-order valence-corrected chi connectivity index (χ3v) is 4.52. The second-order valence-corrected chi connectivity index (χ2v) is 6.21. The summed E-state index contributed by atoms with van der Waals surface area (Å²) in [6.07, 6.45) is 0. The molecular formula is C18H15FN2O3S. The highest BCUT2D eigenvalue weighted by molar-refractivity contribution is 7.99. The van der Waals surface area contributed by atoms with E-state index in [-0.39, 0.29) is 28.7 Å². The number of nitrogens with one attached hydrogen (secondary N) is 1. The molecule has 1 heterocycles. The van der Waals surface area contributed by atoms with Crippen LogP contribution in [0.5, 0.6) is 0 Å². The summed E-state index contributed by atoms with van der Waals surface area (Å²) in [6, 6.07) is 13.2. The molecule has 0 aliphatic rings. The summed E-state index contributed by atoms with van der Waals surface area (Å²) in [6.45, 7) is 0. The van der Waals surface area contributed by atoms with Crippen LogP contribution in [0.2, 0.25) is 0 Å². The topological polar surface area (TPSA) is 75.2 Å². The van der Waals surface area contributed by atoms with E-state index in [0.29, 0.717) is 5.52 Å². The molecule has 2 aromatic carbocycles. The van der Waals surface area contributed by atoms with Crippen LogP contribution < -0.4 is 0 Å². The number of aliphatic hydroxyl groups excluding tert-OH is 1. The van der Waals surface area contributed by atoms with Gasteiger partial charge in [0.05, 0.1) is 23.9 Å². The van der Waals surface area contributed by atoms with E-state index in [4.69, 9.17) is 4.74 Å². The fourth-order valence-corrected chi connectivity index (χ4v) is 3.06. The molecule has 0 unspecified atom stereocenters. The molecule has 25 heavy (non-hydrogen) atoms. The highest BCUT2D eigenvalue weighted by atomic mass is 32.2. The Bertz CT molecular complexity index is 902. The van der Waals surface area contributed by atoms with Gasteiger partial charge in [0, 0.05) is 4.90 Å². The molecule has 3 aromatic rings. The molecule has 0 aliphatic heterocycles. The van der Waals surface area contributed by atoms with Gasteiger partial charge in [0.15, 0.2) is 0 Å². The van der Waals surface area contributed by atoms with E-state index in [9.17, 15) is 14.3 Å². The standard InChI is InChI=1S/C18H15FN2O3S/c1-24-18(23)16(17-20-13-4-2-3-5-14(13)21-17)15(22)10-25-12-8-6-11(19)7-9-12/h2-9,22H,10H2,1H3,(H,20,21)/b16-15+. The molecule has 2 N–H and O–H groups in total. The van der Waals surface area contributed by atoms with Crippen LogP contribution in [-0.2, 0) is 9.53 Å². The molecular weight excluding hydrogens is 343 g/mol. The molecule has 0 fully saturated rings. The Morgan fingerprint density at radius 3 is 2.64 bits per heavy atom. The fourth-order valence-electron chi connectivity index (χ4n) is 2.28. The predicted molar refractivity (Wildman–Crippen MR) is 94.8 cm³/mol. The van der Waals surface area contributed by atoms with Gasteiger partial charge < -0.3 is 14.8 Å². The quantitative estimate of drug-likeness (QED) is 0.313. The number of hydrogen-bond donors (Lipinski definition) is 2. The van der Waals surface area contributed by atoms with Gasteiger partial charge in [-0.05, 0) is 36.4 Å². The summed E-state index contributed by atoms with van der Waals surface area (Å²) >= 11 is 1.27. The van der Waals surface area contributed by atoms with Crippen molar-refractivity contribution in [2.45, 2.75) is 4.90 Å². The van der Waals surface area contributed by atoms with Gasteiger partial charge in [-0.3, -0.25) is 0 Å². The lowest BCUT2D eigenvalue weighted by Crippen LogP contribution is -2.09. The molecule has 0 atom stereocenters. The van der Waals surface area contributed by atoms with Crippen LogP contribution in [0.25, 0.3) is 16.6 Å². The van der Waals surface area contributed by atoms with Crippen LogP contribution in [0.4, 0.5) is 4.39 Å². The first kappa shape index (κ1) is 17.0. The van der Waals surface area contributed by atoms with Gasteiger partial charge in [0.2, 0.25) is 0 Å². The van der Waals surface area contributed by atoms with Crippen molar-refractivity contribution in [1.29, 1.82) is 0 Å². The number of nitrogens with zero attached hydrogens (tertiary/aromatic N) is 1. The maximum atomic E-state index is 12.9. The van der Waals surface area contributed by atoms with E-state index < -0.39 is 5.97 Å². The number of thioether (sulfide) groups is 1. The van der Waals surface area contributed by atoms with Crippen molar-refractivity contribution in [3.8, 4) is 0 Å². The Balaban J connectivity index is 1.91. The average molecular weight is 358 g/mol. The summed E-state index contributed by atoms with van der Waals surface area (Å²) in [5.41, 5.74) is 1.41. The van der Waals surface area contributed by atoms with Gasteiger partial charge in [0.1, 0.15) is 23.0 Å². The number of benzene rings is 2. The summed E-state index contributed by atoms with van der Waals surface area (Å²) in [5.74, 6) is -0.823. The zero-order chi connectivity index (χ0) is 17.8. The van der Waals surface area contributed by atoms with Crippen molar-refractivity contribution < 1.29 is 19.0 Å². The summed E-state index contributed by atoms with van der Waals surface area (Å²) in [4.78, 5) is 20.2. The van der Waals surface area contributed by atoms with Crippen molar-refractivity contribution >= 4 is 34.3 Å². The van der Waals surface area contributed by atoms with Gasteiger partial charge in [-0.2, -0.15) is 0 Å². The van der Waals surface area contributed by atoms with Crippen LogP contribution in [-0.4, -0.2) is 33.9 Å². The van der Waals surface area contributed by atoms with E-state index >= 15 is 0 Å². The molecule has 5 nitrogen and oxygen atoms in total. The molecule has 1 aromatic heterocycles. The zero-order valence-corrected chi connectivity index (χ0v) is 14.1. The smallest absolute Gasteiger partial charge is 0.345 e. The van der Waals surface area contributed by atoms with Crippen molar-refractivity contribution in [2.75, 3.05) is 12.9 Å². The average Bonchev–Trinajstić information content (AvgIpc) is 3.04. The normalized spacial score (nSPS) is 12.1. The van der Waals surface area contributed by atoms with E-state index in [1.165, 1.54) is 31.0 Å². The maximum Gasteiger partial charge on any atom is 0.345 e. The fraction of sp³-hybridized carbons (Fsp3) is 0.111. The summed E-state index contributed by atoms with van der Waals surface area (Å²) < 4.78 is 17.7. The Hall–Kier alpha value is -2.80. The van der Waals surface area contributed by atoms with Gasteiger partial charge >= 0.3 is 5.97 Å². The summed E-state index contributed by atoms with van der Waals surface area (Å²) in [5, 5.41) is 10.4. The van der Waals surface area contributed by atoms with Gasteiger partial charge in [-0.25, -0.2) is 14.2 Å². The Morgan fingerprint density at radius 2 is 1.96 bits per heavy atom. The lowest BCUT2D eigenvalue weighted by Gasteiger charge is -2.07. The van der Waals surface area contributed by atoms with Gasteiger partial charge in [0.25, 0.3) is 0 Å². The third kappa shape index (κ3) is 3.83. The largest absolute Gasteiger partial charge is 0.510 e. The van der Waals surface area contributed by atoms with Crippen LogP contribution in [0.1, 0.15) is 5.82 Å². The van der Waals surface area contributed by atoms with E-state index in [1.54, 1.807) is 18.2 Å². The molecule has 128 valence electrons. The Morgan fingerprint density at radius 1 is 1.24 bits per heavy atom. The number of esters is 1. The number of para-hydroxylation sites is 2. The minimum absolute atomic E-state index is 0.0201. The number of carbonyl (C=O) groups is 1. The number of aliphatic hydroxyl groups is 1. The predicted octanol–water partition coefficient (Wildman–Crippen LogP) is 3.94. The van der Waals surface area contributed by atoms with Crippen LogP contribution in [0, 0.1) is 5.82 Å². The highest BCUT2D eigenvalue weighted by Gasteiger charge is 2.22. The van der Waals surface area contributed by atoms with Crippen LogP contribution >= 0.6 is 11.8 Å². The lowest BCUT2D eigenvalue weighted by molar-refractivity contribution is -0.133. The molecule has 0 aliphatic carbocycles. The van der Waals surface area contributed by atoms with Gasteiger partial charge in [-0.15, -0.1) is 11.8 Å². The molecule has 0 radical (unpaired) electrons.